The molecule has 1 aromatic heterocycles. The first-order valence-electron chi connectivity index (χ1n) is 9.95. The minimum absolute atomic E-state index is 0.0393. The van der Waals surface area contributed by atoms with Crippen LogP contribution >= 0.6 is 0 Å². The molecule has 1 N–H and O–H groups in total. The standard InChI is InChI=1S/C22H30N2O4/c1-14-9-10-18(21-23-20(15(2)25)16(3)28-21)13-24(14)22(26)19-8-6-5-7-17(19)11-12-27-4/h5-8,14-15,18,25H,9-13H2,1-4H3. The van der Waals surface area contributed by atoms with Crippen molar-refractivity contribution in [2.24, 2.45) is 0 Å². The molecular formula is C22H30N2O4. The van der Waals surface area contributed by atoms with Crippen molar-refractivity contribution >= 4 is 5.91 Å². The summed E-state index contributed by atoms with van der Waals surface area (Å²) in [4.78, 5) is 19.8. The summed E-state index contributed by atoms with van der Waals surface area (Å²) in [6.45, 7) is 6.75. The molecule has 1 fully saturated rings. The van der Waals surface area contributed by atoms with Crippen LogP contribution in [-0.4, -0.2) is 47.2 Å². The number of aliphatic hydroxyl groups excluding tert-OH is 1. The first-order chi connectivity index (χ1) is 13.4. The lowest BCUT2D eigenvalue weighted by Gasteiger charge is -2.37. The van der Waals surface area contributed by atoms with E-state index in [9.17, 15) is 9.90 Å². The lowest BCUT2D eigenvalue weighted by Crippen LogP contribution is -2.45. The number of nitrogens with zero attached hydrogens (tertiary/aromatic N) is 2. The number of hydrogen-bond donors (Lipinski definition) is 1. The number of rotatable bonds is 6. The maximum absolute atomic E-state index is 13.3. The van der Waals surface area contributed by atoms with Crippen LogP contribution in [0.5, 0.6) is 0 Å². The number of aromatic nitrogens is 1. The van der Waals surface area contributed by atoms with Crippen molar-refractivity contribution in [3.8, 4) is 0 Å². The second-order valence-electron chi connectivity index (χ2n) is 7.65. The molecule has 0 spiro atoms. The van der Waals surface area contributed by atoms with Crippen molar-refractivity contribution in [1.29, 1.82) is 0 Å². The predicted octanol–water partition coefficient (Wildman–Crippen LogP) is 3.63. The fraction of sp³-hybridized carbons (Fsp3) is 0.545. The Hall–Kier alpha value is -2.18. The molecule has 0 saturated carbocycles. The van der Waals surface area contributed by atoms with Crippen LogP contribution in [0.4, 0.5) is 0 Å². The van der Waals surface area contributed by atoms with E-state index in [-0.39, 0.29) is 17.9 Å². The van der Waals surface area contributed by atoms with Crippen LogP contribution in [0.1, 0.15) is 72.0 Å². The van der Waals surface area contributed by atoms with Crippen molar-refractivity contribution in [2.45, 2.75) is 58.1 Å². The maximum Gasteiger partial charge on any atom is 0.254 e. The van der Waals surface area contributed by atoms with E-state index in [0.717, 1.165) is 24.0 Å². The Morgan fingerprint density at radius 1 is 1.39 bits per heavy atom. The van der Waals surface area contributed by atoms with Gasteiger partial charge in [-0.3, -0.25) is 4.79 Å². The predicted molar refractivity (Wildman–Crippen MR) is 106 cm³/mol. The number of methoxy groups -OCH3 is 1. The molecular weight excluding hydrogens is 356 g/mol. The number of benzene rings is 1. The number of likely N-dealkylation sites (tertiary alicyclic amines) is 1. The highest BCUT2D eigenvalue weighted by Crippen LogP contribution is 2.33. The molecule has 2 heterocycles. The minimum Gasteiger partial charge on any atom is -0.445 e. The van der Waals surface area contributed by atoms with E-state index < -0.39 is 6.10 Å². The molecule has 1 saturated heterocycles. The van der Waals surface area contributed by atoms with Gasteiger partial charge in [0.25, 0.3) is 5.91 Å². The zero-order valence-electron chi connectivity index (χ0n) is 17.1. The van der Waals surface area contributed by atoms with Crippen molar-refractivity contribution in [1.82, 2.24) is 9.88 Å². The molecule has 0 aliphatic carbocycles. The number of aryl methyl sites for hydroxylation is 1. The van der Waals surface area contributed by atoms with Gasteiger partial charge in [0.1, 0.15) is 11.5 Å². The van der Waals surface area contributed by atoms with Crippen molar-refractivity contribution in [3.63, 3.8) is 0 Å². The van der Waals surface area contributed by atoms with Gasteiger partial charge in [-0.2, -0.15) is 0 Å². The third kappa shape index (κ3) is 4.28. The number of oxazole rings is 1. The third-order valence-corrected chi connectivity index (χ3v) is 5.56. The molecule has 1 amide bonds. The van der Waals surface area contributed by atoms with Gasteiger partial charge in [0.2, 0.25) is 0 Å². The van der Waals surface area contributed by atoms with E-state index in [1.807, 2.05) is 36.1 Å². The lowest BCUT2D eigenvalue weighted by molar-refractivity contribution is 0.0595. The van der Waals surface area contributed by atoms with Crippen LogP contribution in [0.25, 0.3) is 0 Å². The summed E-state index contributed by atoms with van der Waals surface area (Å²) in [5.41, 5.74) is 2.32. The number of hydrogen-bond acceptors (Lipinski definition) is 5. The van der Waals surface area contributed by atoms with Crippen molar-refractivity contribution < 1.29 is 19.1 Å². The van der Waals surface area contributed by atoms with Crippen LogP contribution in [0, 0.1) is 6.92 Å². The fourth-order valence-electron chi connectivity index (χ4n) is 3.90. The molecule has 1 aliphatic heterocycles. The normalized spacial score (nSPS) is 21.0. The van der Waals surface area contributed by atoms with E-state index in [4.69, 9.17) is 9.15 Å². The molecule has 6 nitrogen and oxygen atoms in total. The molecule has 6 heteroatoms. The smallest absolute Gasteiger partial charge is 0.254 e. The summed E-state index contributed by atoms with van der Waals surface area (Å²) < 4.78 is 11.0. The molecule has 152 valence electrons. The summed E-state index contributed by atoms with van der Waals surface area (Å²) in [5.74, 6) is 1.34. The Morgan fingerprint density at radius 2 is 2.14 bits per heavy atom. The molecule has 3 unspecified atom stereocenters. The number of amides is 1. The van der Waals surface area contributed by atoms with Crippen LogP contribution in [-0.2, 0) is 11.2 Å². The molecule has 3 atom stereocenters. The summed E-state index contributed by atoms with van der Waals surface area (Å²) in [6, 6.07) is 7.90. The second-order valence-corrected chi connectivity index (χ2v) is 7.65. The quantitative estimate of drug-likeness (QED) is 0.820. The van der Waals surface area contributed by atoms with E-state index in [1.54, 1.807) is 14.0 Å². The number of piperidine rings is 1. The van der Waals surface area contributed by atoms with Gasteiger partial charge >= 0.3 is 0 Å². The van der Waals surface area contributed by atoms with E-state index in [0.29, 0.717) is 36.9 Å². The second kappa shape index (κ2) is 8.88. The SMILES string of the molecule is COCCc1ccccc1C(=O)N1CC(c2nc(C(C)O)c(C)o2)CCC1C. The van der Waals surface area contributed by atoms with Crippen LogP contribution < -0.4 is 0 Å². The summed E-state index contributed by atoms with van der Waals surface area (Å²) in [6.07, 6.45) is 1.85. The van der Waals surface area contributed by atoms with Crippen LogP contribution in [0.2, 0.25) is 0 Å². The Balaban J connectivity index is 1.82. The highest BCUT2D eigenvalue weighted by atomic mass is 16.5. The molecule has 1 aromatic carbocycles. The third-order valence-electron chi connectivity index (χ3n) is 5.56. The average molecular weight is 386 g/mol. The number of aliphatic hydroxyl groups is 1. The first-order valence-corrected chi connectivity index (χ1v) is 9.95. The van der Waals surface area contributed by atoms with E-state index in [2.05, 4.69) is 11.9 Å². The molecule has 3 rings (SSSR count). The van der Waals surface area contributed by atoms with Gasteiger partial charge in [-0.15, -0.1) is 0 Å². The van der Waals surface area contributed by atoms with Gasteiger partial charge in [-0.25, -0.2) is 4.98 Å². The minimum atomic E-state index is -0.662. The van der Waals surface area contributed by atoms with E-state index >= 15 is 0 Å². The zero-order valence-corrected chi connectivity index (χ0v) is 17.1. The molecule has 2 aromatic rings. The molecule has 1 aliphatic rings. The van der Waals surface area contributed by atoms with Gasteiger partial charge in [0, 0.05) is 25.3 Å². The number of ether oxygens (including phenoxy) is 1. The summed E-state index contributed by atoms with van der Waals surface area (Å²) >= 11 is 0. The van der Waals surface area contributed by atoms with Gasteiger partial charge in [-0.05, 0) is 51.7 Å². The molecule has 28 heavy (non-hydrogen) atoms. The lowest BCUT2D eigenvalue weighted by atomic mass is 9.92. The highest BCUT2D eigenvalue weighted by Gasteiger charge is 2.34. The topological polar surface area (TPSA) is 75.8 Å². The van der Waals surface area contributed by atoms with Crippen molar-refractivity contribution in [2.75, 3.05) is 20.3 Å². The average Bonchev–Trinajstić information content (AvgIpc) is 3.08. The van der Waals surface area contributed by atoms with Gasteiger partial charge in [-0.1, -0.05) is 18.2 Å². The van der Waals surface area contributed by atoms with Gasteiger partial charge in [0.15, 0.2) is 5.89 Å². The maximum atomic E-state index is 13.3. The largest absolute Gasteiger partial charge is 0.445 e. The summed E-state index contributed by atoms with van der Waals surface area (Å²) in [5, 5.41) is 9.85. The first kappa shape index (κ1) is 20.6. The van der Waals surface area contributed by atoms with E-state index in [1.165, 1.54) is 0 Å². The van der Waals surface area contributed by atoms with Crippen LogP contribution in [0.3, 0.4) is 0 Å². The summed E-state index contributed by atoms with van der Waals surface area (Å²) in [7, 11) is 1.67. The Kier molecular flexibility index (Phi) is 6.52. The Bertz CT molecular complexity index is 815. The Morgan fingerprint density at radius 3 is 2.82 bits per heavy atom. The van der Waals surface area contributed by atoms with Gasteiger partial charge in [0.05, 0.1) is 18.6 Å². The number of carbonyl (C=O) groups is 1. The zero-order chi connectivity index (χ0) is 20.3. The van der Waals surface area contributed by atoms with Gasteiger partial charge < -0.3 is 19.2 Å². The fourth-order valence-corrected chi connectivity index (χ4v) is 3.90. The number of carbonyl (C=O) groups excluding carboxylic acids is 1. The highest BCUT2D eigenvalue weighted by molar-refractivity contribution is 5.96. The molecule has 0 bridgehead atoms. The Labute approximate surface area is 166 Å². The monoisotopic (exact) mass is 386 g/mol. The van der Waals surface area contributed by atoms with Crippen molar-refractivity contribution in [3.05, 3.63) is 52.7 Å². The molecule has 0 radical (unpaired) electrons. The van der Waals surface area contributed by atoms with Crippen LogP contribution in [0.15, 0.2) is 28.7 Å².